The number of nitro benzene ring substituents is 1. The first-order valence-corrected chi connectivity index (χ1v) is 7.13. The molecule has 0 spiro atoms. The molecule has 1 atom stereocenters. The van der Waals surface area contributed by atoms with Gasteiger partial charge in [-0.15, -0.1) is 0 Å². The number of aromatic hydroxyl groups is 1. The third kappa shape index (κ3) is 4.39. The maximum absolute atomic E-state index is 11.9. The third-order valence-electron chi connectivity index (χ3n) is 2.52. The van der Waals surface area contributed by atoms with E-state index in [4.69, 9.17) is 0 Å². The molecular formula is C12H16N2O5S. The molecule has 20 heavy (non-hydrogen) atoms. The van der Waals surface area contributed by atoms with E-state index in [0.717, 1.165) is 18.2 Å². The summed E-state index contributed by atoms with van der Waals surface area (Å²) in [6, 6.07) is 3.19. The number of amides is 1. The molecule has 0 aliphatic rings. The minimum Gasteiger partial charge on any atom is -0.507 e. The van der Waals surface area contributed by atoms with Crippen LogP contribution in [0.25, 0.3) is 0 Å². The predicted molar refractivity (Wildman–Crippen MR) is 76.1 cm³/mol. The van der Waals surface area contributed by atoms with Crippen molar-refractivity contribution in [3.8, 4) is 5.75 Å². The number of phenolic OH excluding ortho intramolecular Hbond substituents is 1. The highest BCUT2D eigenvalue weighted by atomic mass is 32.2. The molecule has 0 bridgehead atoms. The normalized spacial score (nSPS) is 13.6. The second-order valence-corrected chi connectivity index (χ2v) is 5.44. The molecule has 1 amide bonds. The van der Waals surface area contributed by atoms with E-state index >= 15 is 0 Å². The highest BCUT2D eigenvalue weighted by molar-refractivity contribution is 7.98. The number of aliphatic hydroxyl groups is 1. The van der Waals surface area contributed by atoms with Crippen LogP contribution in [-0.2, 0) is 0 Å². The number of nitrogens with one attached hydrogen (secondary N) is 1. The van der Waals surface area contributed by atoms with Gasteiger partial charge in [-0.05, 0) is 19.2 Å². The molecule has 8 heteroatoms. The van der Waals surface area contributed by atoms with Gasteiger partial charge >= 0.3 is 0 Å². The van der Waals surface area contributed by atoms with Crippen LogP contribution in [0.15, 0.2) is 18.2 Å². The number of benzene rings is 1. The van der Waals surface area contributed by atoms with E-state index in [1.165, 1.54) is 11.8 Å². The molecule has 1 aromatic rings. The second-order valence-electron chi connectivity index (χ2n) is 4.57. The average Bonchev–Trinajstić information content (AvgIpc) is 2.36. The summed E-state index contributed by atoms with van der Waals surface area (Å²) in [4.78, 5) is 21.9. The molecule has 0 aliphatic heterocycles. The Morgan fingerprint density at radius 1 is 1.55 bits per heavy atom. The first-order chi connectivity index (χ1) is 9.26. The molecule has 3 N–H and O–H groups in total. The van der Waals surface area contributed by atoms with Crippen LogP contribution in [0.5, 0.6) is 5.75 Å². The first-order valence-electron chi connectivity index (χ1n) is 5.74. The van der Waals surface area contributed by atoms with Crippen LogP contribution >= 0.6 is 11.8 Å². The second kappa shape index (κ2) is 6.58. The van der Waals surface area contributed by atoms with Crippen molar-refractivity contribution in [1.82, 2.24) is 5.32 Å². The lowest BCUT2D eigenvalue weighted by Gasteiger charge is -2.22. The van der Waals surface area contributed by atoms with E-state index in [2.05, 4.69) is 5.32 Å². The van der Waals surface area contributed by atoms with E-state index in [1.807, 2.05) is 6.26 Å². The fourth-order valence-electron chi connectivity index (χ4n) is 1.55. The maximum Gasteiger partial charge on any atom is 0.270 e. The first kappa shape index (κ1) is 16.3. The summed E-state index contributed by atoms with van der Waals surface area (Å²) in [7, 11) is 0. The molecule has 0 unspecified atom stereocenters. The zero-order valence-corrected chi connectivity index (χ0v) is 11.9. The highest BCUT2D eigenvalue weighted by Gasteiger charge is 2.22. The van der Waals surface area contributed by atoms with Crippen LogP contribution in [-0.4, -0.2) is 45.2 Å². The summed E-state index contributed by atoms with van der Waals surface area (Å²) in [5, 5.41) is 32.6. The van der Waals surface area contributed by atoms with Gasteiger partial charge in [0.25, 0.3) is 11.6 Å². The number of carbonyl (C=O) groups is 1. The van der Waals surface area contributed by atoms with Gasteiger partial charge in [-0.3, -0.25) is 14.9 Å². The topological polar surface area (TPSA) is 113 Å². The number of nitrogens with zero attached hydrogens (tertiary/aromatic N) is 1. The SMILES string of the molecule is CSC[C@](C)(O)CNC(=O)c1cc([N+](=O)[O-])ccc1O. The fourth-order valence-corrected chi connectivity index (χ4v) is 2.27. The van der Waals surface area contributed by atoms with Gasteiger partial charge in [-0.25, -0.2) is 0 Å². The molecule has 0 aromatic heterocycles. The van der Waals surface area contributed by atoms with Crippen molar-refractivity contribution < 1.29 is 19.9 Å². The Labute approximate surface area is 120 Å². The van der Waals surface area contributed by atoms with Crippen LogP contribution in [0, 0.1) is 10.1 Å². The predicted octanol–water partition coefficient (Wildman–Crippen LogP) is 1.14. The number of hydrogen-bond acceptors (Lipinski definition) is 6. The monoisotopic (exact) mass is 300 g/mol. The van der Waals surface area contributed by atoms with Crippen LogP contribution in [0.3, 0.4) is 0 Å². The lowest BCUT2D eigenvalue weighted by molar-refractivity contribution is -0.384. The van der Waals surface area contributed by atoms with Crippen molar-refractivity contribution in [2.75, 3.05) is 18.6 Å². The minimum absolute atomic E-state index is 0.0190. The molecule has 7 nitrogen and oxygen atoms in total. The Balaban J connectivity index is 2.82. The largest absolute Gasteiger partial charge is 0.507 e. The smallest absolute Gasteiger partial charge is 0.270 e. The molecular weight excluding hydrogens is 284 g/mol. The molecule has 0 heterocycles. The molecule has 110 valence electrons. The standard InChI is InChI=1S/C12H16N2O5S/c1-12(17,7-20-2)6-13-11(16)9-5-8(14(18)19)3-4-10(9)15/h3-5,15,17H,6-7H2,1-2H3,(H,13,16)/t12-/m1/s1. The van der Waals surface area contributed by atoms with Crippen molar-refractivity contribution in [2.24, 2.45) is 0 Å². The van der Waals surface area contributed by atoms with E-state index in [9.17, 15) is 25.1 Å². The van der Waals surface area contributed by atoms with Crippen molar-refractivity contribution in [3.05, 3.63) is 33.9 Å². The molecule has 0 aliphatic carbocycles. The summed E-state index contributed by atoms with van der Waals surface area (Å²) in [5.41, 5.74) is -1.58. The summed E-state index contributed by atoms with van der Waals surface area (Å²) < 4.78 is 0. The van der Waals surface area contributed by atoms with Crippen molar-refractivity contribution in [3.63, 3.8) is 0 Å². The third-order valence-corrected chi connectivity index (χ3v) is 3.43. The molecule has 0 saturated heterocycles. The van der Waals surface area contributed by atoms with Gasteiger partial charge < -0.3 is 15.5 Å². The zero-order valence-electron chi connectivity index (χ0n) is 11.1. The van der Waals surface area contributed by atoms with Crippen LogP contribution < -0.4 is 5.32 Å². The summed E-state index contributed by atoms with van der Waals surface area (Å²) in [6.45, 7) is 1.55. The number of rotatable bonds is 6. The van der Waals surface area contributed by atoms with E-state index < -0.39 is 16.4 Å². The number of carbonyl (C=O) groups excluding carboxylic acids is 1. The van der Waals surface area contributed by atoms with Gasteiger partial charge in [0.2, 0.25) is 0 Å². The van der Waals surface area contributed by atoms with Crippen LogP contribution in [0.2, 0.25) is 0 Å². The van der Waals surface area contributed by atoms with Gasteiger partial charge in [0, 0.05) is 24.4 Å². The van der Waals surface area contributed by atoms with E-state index in [-0.39, 0.29) is 23.5 Å². The number of nitro groups is 1. The van der Waals surface area contributed by atoms with E-state index in [0.29, 0.717) is 5.75 Å². The van der Waals surface area contributed by atoms with Crippen molar-refractivity contribution in [1.29, 1.82) is 0 Å². The molecule has 0 saturated carbocycles. The summed E-state index contributed by atoms with van der Waals surface area (Å²) >= 11 is 1.43. The fraction of sp³-hybridized carbons (Fsp3) is 0.417. The number of non-ortho nitro benzene ring substituents is 1. The van der Waals surface area contributed by atoms with Crippen LogP contribution in [0.4, 0.5) is 5.69 Å². The lowest BCUT2D eigenvalue weighted by atomic mass is 10.1. The quantitative estimate of drug-likeness (QED) is 0.536. The van der Waals surface area contributed by atoms with Gasteiger partial charge in [0.15, 0.2) is 0 Å². The number of hydrogen-bond donors (Lipinski definition) is 3. The molecule has 1 rings (SSSR count). The van der Waals surface area contributed by atoms with Crippen molar-refractivity contribution >= 4 is 23.4 Å². The number of phenols is 1. The van der Waals surface area contributed by atoms with Gasteiger partial charge in [-0.1, -0.05) is 0 Å². The zero-order chi connectivity index (χ0) is 15.3. The van der Waals surface area contributed by atoms with Crippen molar-refractivity contribution in [2.45, 2.75) is 12.5 Å². The Morgan fingerprint density at radius 2 is 2.20 bits per heavy atom. The average molecular weight is 300 g/mol. The highest BCUT2D eigenvalue weighted by Crippen LogP contribution is 2.23. The lowest BCUT2D eigenvalue weighted by Crippen LogP contribution is -2.42. The minimum atomic E-state index is -1.09. The van der Waals surface area contributed by atoms with Crippen LogP contribution in [0.1, 0.15) is 17.3 Å². The van der Waals surface area contributed by atoms with Gasteiger partial charge in [0.1, 0.15) is 5.75 Å². The Bertz CT molecular complexity index is 519. The van der Waals surface area contributed by atoms with Gasteiger partial charge in [-0.2, -0.15) is 11.8 Å². The maximum atomic E-state index is 11.9. The Morgan fingerprint density at radius 3 is 2.75 bits per heavy atom. The molecule has 1 aromatic carbocycles. The molecule has 0 radical (unpaired) electrons. The Hall–Kier alpha value is -1.80. The van der Waals surface area contributed by atoms with E-state index in [1.54, 1.807) is 6.92 Å². The summed E-state index contributed by atoms with van der Waals surface area (Å²) in [5.74, 6) is -0.598. The Kier molecular flexibility index (Phi) is 5.34. The summed E-state index contributed by atoms with van der Waals surface area (Å²) in [6.07, 6.45) is 1.82. The molecule has 0 fully saturated rings. The van der Waals surface area contributed by atoms with Gasteiger partial charge in [0.05, 0.1) is 16.1 Å². The number of thioether (sulfide) groups is 1.